The van der Waals surface area contributed by atoms with Crippen LogP contribution in [-0.4, -0.2) is 24.6 Å². The predicted octanol–water partition coefficient (Wildman–Crippen LogP) is 2.51. The number of benzene rings is 2. The molecule has 0 N–H and O–H groups in total. The third-order valence-corrected chi connectivity index (χ3v) is 3.34. The van der Waals surface area contributed by atoms with Gasteiger partial charge in [-0.3, -0.25) is 9.59 Å². The highest BCUT2D eigenvalue weighted by atomic mass is 16.5. The van der Waals surface area contributed by atoms with Crippen LogP contribution in [0.3, 0.4) is 0 Å². The SMILES string of the molecule is COC(=O)C(=O)CC(=O)Cc1ccc(OCc2ccccc2)cc1. The first-order chi connectivity index (χ1) is 11.6. The van der Waals surface area contributed by atoms with E-state index in [1.54, 1.807) is 24.3 Å². The topological polar surface area (TPSA) is 69.7 Å². The molecule has 5 nitrogen and oxygen atoms in total. The molecule has 0 saturated heterocycles. The number of methoxy groups -OCH3 is 1. The second-order valence-electron chi connectivity index (χ2n) is 5.23. The zero-order valence-electron chi connectivity index (χ0n) is 13.4. The molecule has 0 aliphatic heterocycles. The van der Waals surface area contributed by atoms with Crippen LogP contribution in [0.25, 0.3) is 0 Å². The molecule has 0 aliphatic rings. The minimum atomic E-state index is -0.993. The van der Waals surface area contributed by atoms with E-state index in [2.05, 4.69) is 4.74 Å². The van der Waals surface area contributed by atoms with Crippen LogP contribution in [0.4, 0.5) is 0 Å². The first-order valence-electron chi connectivity index (χ1n) is 7.47. The van der Waals surface area contributed by atoms with Gasteiger partial charge in [-0.25, -0.2) is 4.79 Å². The molecule has 0 atom stereocenters. The van der Waals surface area contributed by atoms with Crippen molar-refractivity contribution in [2.45, 2.75) is 19.4 Å². The molecule has 124 valence electrons. The number of rotatable bonds is 8. The summed E-state index contributed by atoms with van der Waals surface area (Å²) >= 11 is 0. The Balaban J connectivity index is 1.84. The van der Waals surface area contributed by atoms with Crippen LogP contribution in [-0.2, 0) is 32.1 Å². The van der Waals surface area contributed by atoms with Crippen molar-refractivity contribution in [3.63, 3.8) is 0 Å². The molecule has 0 heterocycles. The van der Waals surface area contributed by atoms with E-state index in [0.717, 1.165) is 18.2 Å². The number of esters is 1. The molecular weight excluding hydrogens is 308 g/mol. The molecule has 2 aromatic carbocycles. The molecule has 0 aromatic heterocycles. The van der Waals surface area contributed by atoms with Gasteiger partial charge < -0.3 is 9.47 Å². The van der Waals surface area contributed by atoms with Gasteiger partial charge in [0.15, 0.2) is 0 Å². The fourth-order valence-electron chi connectivity index (χ4n) is 2.10. The lowest BCUT2D eigenvalue weighted by atomic mass is 10.1. The molecule has 0 fully saturated rings. The minimum Gasteiger partial charge on any atom is -0.489 e. The second kappa shape index (κ2) is 8.62. The van der Waals surface area contributed by atoms with Gasteiger partial charge in [0.1, 0.15) is 18.1 Å². The zero-order valence-corrected chi connectivity index (χ0v) is 13.4. The van der Waals surface area contributed by atoms with Gasteiger partial charge in [0.25, 0.3) is 0 Å². The van der Waals surface area contributed by atoms with Crippen molar-refractivity contribution in [1.82, 2.24) is 0 Å². The van der Waals surface area contributed by atoms with Gasteiger partial charge >= 0.3 is 5.97 Å². The maximum atomic E-state index is 11.8. The van der Waals surface area contributed by atoms with E-state index in [0.29, 0.717) is 12.4 Å². The van der Waals surface area contributed by atoms with Crippen molar-refractivity contribution in [3.05, 3.63) is 65.7 Å². The van der Waals surface area contributed by atoms with Crippen molar-refractivity contribution in [1.29, 1.82) is 0 Å². The van der Waals surface area contributed by atoms with Gasteiger partial charge in [0, 0.05) is 6.42 Å². The van der Waals surface area contributed by atoms with Crippen molar-refractivity contribution >= 4 is 17.5 Å². The Morgan fingerprint density at radius 3 is 2.17 bits per heavy atom. The quantitative estimate of drug-likeness (QED) is 0.423. The van der Waals surface area contributed by atoms with Gasteiger partial charge in [-0.2, -0.15) is 0 Å². The van der Waals surface area contributed by atoms with E-state index in [-0.39, 0.29) is 12.2 Å². The smallest absolute Gasteiger partial charge is 0.374 e. The Kier molecular flexibility index (Phi) is 6.25. The summed E-state index contributed by atoms with van der Waals surface area (Å²) in [6.45, 7) is 0.465. The molecule has 0 radical (unpaired) electrons. The average molecular weight is 326 g/mol. The molecule has 0 aliphatic carbocycles. The summed E-state index contributed by atoms with van der Waals surface area (Å²) < 4.78 is 9.95. The van der Waals surface area contributed by atoms with Crippen LogP contribution in [0.15, 0.2) is 54.6 Å². The lowest BCUT2D eigenvalue weighted by Crippen LogP contribution is -2.20. The van der Waals surface area contributed by atoms with Gasteiger partial charge in [0.05, 0.1) is 13.5 Å². The summed E-state index contributed by atoms with van der Waals surface area (Å²) in [4.78, 5) is 34.1. The maximum absolute atomic E-state index is 11.8. The molecule has 0 saturated carbocycles. The van der Waals surface area contributed by atoms with E-state index < -0.39 is 18.2 Å². The summed E-state index contributed by atoms with van der Waals surface area (Å²) in [5.41, 5.74) is 1.82. The van der Waals surface area contributed by atoms with E-state index in [4.69, 9.17) is 4.74 Å². The molecular formula is C19H18O5. The first kappa shape index (κ1) is 17.4. The van der Waals surface area contributed by atoms with Crippen molar-refractivity contribution in [2.24, 2.45) is 0 Å². The Bertz CT molecular complexity index is 704. The minimum absolute atomic E-state index is 0.0850. The summed E-state index contributed by atoms with van der Waals surface area (Å²) in [5, 5.41) is 0. The molecule has 0 bridgehead atoms. The van der Waals surface area contributed by atoms with Gasteiger partial charge in [-0.1, -0.05) is 42.5 Å². The van der Waals surface area contributed by atoms with E-state index >= 15 is 0 Å². The van der Waals surface area contributed by atoms with Gasteiger partial charge in [0.2, 0.25) is 5.78 Å². The summed E-state index contributed by atoms with van der Waals surface area (Å²) in [6, 6.07) is 16.9. The lowest BCUT2D eigenvalue weighted by molar-refractivity contribution is -0.152. The highest BCUT2D eigenvalue weighted by Crippen LogP contribution is 2.15. The Morgan fingerprint density at radius 1 is 0.875 bits per heavy atom. The Morgan fingerprint density at radius 2 is 1.54 bits per heavy atom. The molecule has 5 heteroatoms. The maximum Gasteiger partial charge on any atom is 0.374 e. The number of ketones is 2. The van der Waals surface area contributed by atoms with Crippen LogP contribution in [0.1, 0.15) is 17.5 Å². The van der Waals surface area contributed by atoms with Gasteiger partial charge in [-0.15, -0.1) is 0 Å². The third kappa shape index (κ3) is 5.35. The highest BCUT2D eigenvalue weighted by molar-refractivity contribution is 6.37. The van der Waals surface area contributed by atoms with Crippen LogP contribution in [0.5, 0.6) is 5.75 Å². The van der Waals surface area contributed by atoms with Crippen molar-refractivity contribution in [3.8, 4) is 5.75 Å². The second-order valence-corrected chi connectivity index (χ2v) is 5.23. The van der Waals surface area contributed by atoms with E-state index in [1.165, 1.54) is 0 Å². The van der Waals surface area contributed by atoms with Gasteiger partial charge in [-0.05, 0) is 23.3 Å². The fraction of sp³-hybridized carbons (Fsp3) is 0.211. The summed E-state index contributed by atoms with van der Waals surface area (Å²) in [6.07, 6.45) is -0.360. The number of ether oxygens (including phenoxy) is 2. The highest BCUT2D eigenvalue weighted by Gasteiger charge is 2.18. The summed E-state index contributed by atoms with van der Waals surface area (Å²) in [7, 11) is 1.11. The van der Waals surface area contributed by atoms with Crippen molar-refractivity contribution < 1.29 is 23.9 Å². The van der Waals surface area contributed by atoms with E-state index in [9.17, 15) is 14.4 Å². The predicted molar refractivity (Wildman–Crippen MR) is 87.6 cm³/mol. The monoisotopic (exact) mass is 326 g/mol. The normalized spacial score (nSPS) is 10.0. The summed E-state index contributed by atoms with van der Waals surface area (Å²) in [5.74, 6) is -1.46. The molecule has 0 amide bonds. The first-order valence-corrected chi connectivity index (χ1v) is 7.47. The van der Waals surface area contributed by atoms with Crippen LogP contribution >= 0.6 is 0 Å². The molecule has 2 aromatic rings. The standard InChI is InChI=1S/C19H18O5/c1-23-19(22)18(21)12-16(20)11-14-7-9-17(10-8-14)24-13-15-5-3-2-4-6-15/h2-10H,11-13H2,1H3. The van der Waals surface area contributed by atoms with Crippen molar-refractivity contribution in [2.75, 3.05) is 7.11 Å². The molecule has 24 heavy (non-hydrogen) atoms. The molecule has 0 unspecified atom stereocenters. The zero-order chi connectivity index (χ0) is 17.4. The van der Waals surface area contributed by atoms with Crippen LogP contribution in [0.2, 0.25) is 0 Å². The lowest BCUT2D eigenvalue weighted by Gasteiger charge is -2.07. The fourth-order valence-corrected chi connectivity index (χ4v) is 2.10. The number of Topliss-reactive ketones (excluding diaryl/α,β-unsaturated/α-hetero) is 2. The number of carbonyl (C=O) groups excluding carboxylic acids is 3. The number of hydrogen-bond donors (Lipinski definition) is 0. The number of hydrogen-bond acceptors (Lipinski definition) is 5. The van der Waals surface area contributed by atoms with E-state index in [1.807, 2.05) is 30.3 Å². The molecule has 2 rings (SSSR count). The Hall–Kier alpha value is -2.95. The largest absolute Gasteiger partial charge is 0.489 e. The molecule has 0 spiro atoms. The van der Waals surface area contributed by atoms with Crippen LogP contribution < -0.4 is 4.74 Å². The Labute approximate surface area is 140 Å². The number of carbonyl (C=O) groups is 3. The average Bonchev–Trinajstić information content (AvgIpc) is 2.61. The third-order valence-electron chi connectivity index (χ3n) is 3.34. The van der Waals surface area contributed by atoms with Crippen LogP contribution in [0, 0.1) is 0 Å².